The fourth-order valence-corrected chi connectivity index (χ4v) is 2.13. The quantitative estimate of drug-likeness (QED) is 0.849. The van der Waals surface area contributed by atoms with Crippen LogP contribution in [0, 0.1) is 6.92 Å². The van der Waals surface area contributed by atoms with Gasteiger partial charge in [0.1, 0.15) is 5.75 Å². The number of rotatable bonds is 6. The molecule has 0 spiro atoms. The minimum Gasteiger partial charge on any atom is -0.494 e. The summed E-state index contributed by atoms with van der Waals surface area (Å²) in [6, 6.07) is 3.71. The van der Waals surface area contributed by atoms with E-state index in [4.69, 9.17) is 21.4 Å². The van der Waals surface area contributed by atoms with E-state index in [-0.39, 0.29) is 12.3 Å². The average Bonchev–Trinajstić information content (AvgIpc) is 2.31. The molecule has 0 heterocycles. The van der Waals surface area contributed by atoms with E-state index in [0.29, 0.717) is 11.6 Å². The van der Waals surface area contributed by atoms with E-state index in [2.05, 4.69) is 0 Å². The van der Waals surface area contributed by atoms with Gasteiger partial charge in [-0.05, 0) is 49.4 Å². The zero-order chi connectivity index (χ0) is 13.7. The van der Waals surface area contributed by atoms with Crippen LogP contribution in [0.2, 0.25) is 5.02 Å². The maximum atomic E-state index is 10.9. The molecule has 3 nitrogen and oxygen atoms in total. The van der Waals surface area contributed by atoms with Crippen molar-refractivity contribution in [3.63, 3.8) is 0 Å². The van der Waals surface area contributed by atoms with Crippen molar-refractivity contribution in [2.75, 3.05) is 6.61 Å². The molecule has 18 heavy (non-hydrogen) atoms. The SMILES string of the molecule is CCOc1cc(C)c(Cl)cc1C(CC)CC(=O)O. The molecule has 0 bridgehead atoms. The highest BCUT2D eigenvalue weighted by Gasteiger charge is 2.19. The van der Waals surface area contributed by atoms with Gasteiger partial charge in [-0.3, -0.25) is 4.79 Å². The van der Waals surface area contributed by atoms with Crippen molar-refractivity contribution < 1.29 is 14.6 Å². The minimum atomic E-state index is -0.805. The predicted molar refractivity (Wildman–Crippen MR) is 72.6 cm³/mol. The first-order chi connectivity index (χ1) is 8.49. The third-order valence-electron chi connectivity index (χ3n) is 2.94. The van der Waals surface area contributed by atoms with Gasteiger partial charge in [0.05, 0.1) is 13.0 Å². The Bertz CT molecular complexity index is 429. The van der Waals surface area contributed by atoms with Gasteiger partial charge >= 0.3 is 5.97 Å². The number of aryl methyl sites for hydroxylation is 1. The van der Waals surface area contributed by atoms with Gasteiger partial charge in [0.2, 0.25) is 0 Å². The van der Waals surface area contributed by atoms with Gasteiger partial charge < -0.3 is 9.84 Å². The summed E-state index contributed by atoms with van der Waals surface area (Å²) in [5.74, 6) is -0.129. The molecule has 0 aromatic heterocycles. The van der Waals surface area contributed by atoms with Crippen LogP contribution in [0.5, 0.6) is 5.75 Å². The number of halogens is 1. The molecule has 1 rings (SSSR count). The van der Waals surface area contributed by atoms with Crippen molar-refractivity contribution in [3.05, 3.63) is 28.3 Å². The van der Waals surface area contributed by atoms with E-state index in [0.717, 1.165) is 23.3 Å². The lowest BCUT2D eigenvalue weighted by molar-refractivity contribution is -0.137. The predicted octanol–water partition coefficient (Wildman–Crippen LogP) is 4.02. The fourth-order valence-electron chi connectivity index (χ4n) is 1.95. The molecule has 1 unspecified atom stereocenters. The molecule has 1 N–H and O–H groups in total. The fraction of sp³-hybridized carbons (Fsp3) is 0.500. The number of ether oxygens (including phenoxy) is 1. The molecule has 0 radical (unpaired) electrons. The van der Waals surface area contributed by atoms with E-state index in [1.807, 2.05) is 32.9 Å². The van der Waals surface area contributed by atoms with E-state index >= 15 is 0 Å². The number of aliphatic carboxylic acids is 1. The number of carbonyl (C=O) groups is 1. The third-order valence-corrected chi connectivity index (χ3v) is 3.35. The van der Waals surface area contributed by atoms with Gasteiger partial charge in [0.25, 0.3) is 0 Å². The molecule has 0 saturated heterocycles. The number of hydrogen-bond donors (Lipinski definition) is 1. The van der Waals surface area contributed by atoms with E-state index in [1.54, 1.807) is 0 Å². The summed E-state index contributed by atoms with van der Waals surface area (Å²) in [5.41, 5.74) is 1.83. The van der Waals surface area contributed by atoms with Gasteiger partial charge in [0, 0.05) is 5.02 Å². The van der Waals surface area contributed by atoms with Crippen LogP contribution in [0.3, 0.4) is 0 Å². The largest absolute Gasteiger partial charge is 0.494 e. The molecular formula is C14H19ClO3. The van der Waals surface area contributed by atoms with Crippen molar-refractivity contribution in [2.24, 2.45) is 0 Å². The Morgan fingerprint density at radius 1 is 1.44 bits per heavy atom. The second-order valence-corrected chi connectivity index (χ2v) is 4.68. The summed E-state index contributed by atoms with van der Waals surface area (Å²) >= 11 is 6.12. The van der Waals surface area contributed by atoms with Gasteiger partial charge in [-0.2, -0.15) is 0 Å². The van der Waals surface area contributed by atoms with Crippen LogP contribution >= 0.6 is 11.6 Å². The zero-order valence-electron chi connectivity index (χ0n) is 11.0. The maximum Gasteiger partial charge on any atom is 0.303 e. The lowest BCUT2D eigenvalue weighted by Gasteiger charge is -2.19. The lowest BCUT2D eigenvalue weighted by Crippen LogP contribution is -2.08. The van der Waals surface area contributed by atoms with E-state index < -0.39 is 5.97 Å². The Labute approximate surface area is 113 Å². The second kappa shape index (κ2) is 6.64. The maximum absolute atomic E-state index is 10.9. The molecule has 100 valence electrons. The monoisotopic (exact) mass is 270 g/mol. The van der Waals surface area contributed by atoms with Crippen LogP contribution in [0.1, 0.15) is 43.7 Å². The molecule has 0 saturated carbocycles. The van der Waals surface area contributed by atoms with Crippen LogP contribution in [0.15, 0.2) is 12.1 Å². The van der Waals surface area contributed by atoms with Crippen LogP contribution in [-0.4, -0.2) is 17.7 Å². The Morgan fingerprint density at radius 2 is 2.11 bits per heavy atom. The summed E-state index contributed by atoms with van der Waals surface area (Å²) in [5, 5.41) is 9.60. The molecule has 0 aliphatic carbocycles. The first-order valence-electron chi connectivity index (χ1n) is 6.14. The molecule has 4 heteroatoms. The highest BCUT2D eigenvalue weighted by atomic mass is 35.5. The van der Waals surface area contributed by atoms with Gasteiger partial charge in [-0.1, -0.05) is 18.5 Å². The summed E-state index contributed by atoms with van der Waals surface area (Å²) in [6.07, 6.45) is 0.835. The Morgan fingerprint density at radius 3 is 2.61 bits per heavy atom. The Hall–Kier alpha value is -1.22. The first kappa shape index (κ1) is 14.8. The number of hydrogen-bond acceptors (Lipinski definition) is 2. The number of carboxylic acids is 1. The molecule has 1 aromatic rings. The molecule has 1 aromatic carbocycles. The van der Waals surface area contributed by atoms with Crippen LogP contribution in [-0.2, 0) is 4.79 Å². The Kier molecular flexibility index (Phi) is 5.48. The Balaban J connectivity index is 3.17. The second-order valence-electron chi connectivity index (χ2n) is 4.28. The first-order valence-corrected chi connectivity index (χ1v) is 6.52. The molecule has 0 amide bonds. The van der Waals surface area contributed by atoms with Crippen LogP contribution in [0.25, 0.3) is 0 Å². The van der Waals surface area contributed by atoms with E-state index in [9.17, 15) is 4.79 Å². The average molecular weight is 271 g/mol. The molecule has 0 fully saturated rings. The zero-order valence-corrected chi connectivity index (χ0v) is 11.8. The van der Waals surface area contributed by atoms with Gasteiger partial charge in [-0.15, -0.1) is 0 Å². The highest BCUT2D eigenvalue weighted by molar-refractivity contribution is 6.31. The minimum absolute atomic E-state index is 0.0675. The van der Waals surface area contributed by atoms with Crippen molar-refractivity contribution in [1.29, 1.82) is 0 Å². The van der Waals surface area contributed by atoms with Gasteiger partial charge in [-0.25, -0.2) is 0 Å². The molecule has 0 aliphatic heterocycles. The number of benzene rings is 1. The standard InChI is InChI=1S/C14H19ClO3/c1-4-10(7-14(16)17)11-8-12(15)9(3)6-13(11)18-5-2/h6,8,10H,4-5,7H2,1-3H3,(H,16,17). The van der Waals surface area contributed by atoms with Gasteiger partial charge in [0.15, 0.2) is 0 Å². The third kappa shape index (κ3) is 3.64. The van der Waals surface area contributed by atoms with Crippen molar-refractivity contribution in [2.45, 2.75) is 39.5 Å². The molecular weight excluding hydrogens is 252 g/mol. The van der Waals surface area contributed by atoms with E-state index in [1.165, 1.54) is 0 Å². The lowest BCUT2D eigenvalue weighted by atomic mass is 9.91. The molecule has 0 aliphatic rings. The summed E-state index contributed by atoms with van der Waals surface area (Å²) in [4.78, 5) is 10.9. The summed E-state index contributed by atoms with van der Waals surface area (Å²) in [7, 11) is 0. The van der Waals surface area contributed by atoms with Crippen LogP contribution < -0.4 is 4.74 Å². The van der Waals surface area contributed by atoms with Crippen molar-refractivity contribution >= 4 is 17.6 Å². The summed E-state index contributed by atoms with van der Waals surface area (Å²) in [6.45, 7) is 6.34. The number of carboxylic acid groups (broad SMARTS) is 1. The molecule has 1 atom stereocenters. The smallest absolute Gasteiger partial charge is 0.303 e. The van der Waals surface area contributed by atoms with Crippen molar-refractivity contribution in [3.8, 4) is 5.75 Å². The normalized spacial score (nSPS) is 12.2. The van der Waals surface area contributed by atoms with Crippen molar-refractivity contribution in [1.82, 2.24) is 0 Å². The van der Waals surface area contributed by atoms with Crippen LogP contribution in [0.4, 0.5) is 0 Å². The highest BCUT2D eigenvalue weighted by Crippen LogP contribution is 2.35. The summed E-state index contributed by atoms with van der Waals surface area (Å²) < 4.78 is 5.59. The topological polar surface area (TPSA) is 46.5 Å².